The first-order valence-electron chi connectivity index (χ1n) is 6.68. The molecule has 0 fully saturated rings. The van der Waals surface area contributed by atoms with Crippen molar-refractivity contribution in [1.29, 1.82) is 0 Å². The standard InChI is InChI=1S/C12H24N4O2S2/c1-5-6-13-7-11-10(3)14-15-12(11)20(17,18)16-9(2)8-19-4/h9,13,16H,5-8H2,1-4H3,(H,14,15). The summed E-state index contributed by atoms with van der Waals surface area (Å²) < 4.78 is 27.4. The molecule has 1 rings (SSSR count). The number of H-pyrrole nitrogens is 1. The maximum atomic E-state index is 12.4. The molecule has 0 aliphatic heterocycles. The molecule has 1 aromatic heterocycles. The summed E-state index contributed by atoms with van der Waals surface area (Å²) in [6, 6.07) is -0.122. The number of aromatic amines is 1. The lowest BCUT2D eigenvalue weighted by molar-refractivity contribution is 0.563. The molecule has 0 radical (unpaired) electrons. The normalized spacial score (nSPS) is 13.6. The van der Waals surface area contributed by atoms with Gasteiger partial charge in [0.05, 0.1) is 0 Å². The Kier molecular flexibility index (Phi) is 7.01. The average Bonchev–Trinajstić information content (AvgIpc) is 2.72. The van der Waals surface area contributed by atoms with Crippen molar-refractivity contribution in [3.63, 3.8) is 0 Å². The Morgan fingerprint density at radius 3 is 2.75 bits per heavy atom. The van der Waals surface area contributed by atoms with Crippen LogP contribution >= 0.6 is 11.8 Å². The Balaban J connectivity index is 2.89. The number of hydrogen-bond donors (Lipinski definition) is 3. The van der Waals surface area contributed by atoms with Crippen LogP contribution in [0.2, 0.25) is 0 Å². The molecule has 0 amide bonds. The van der Waals surface area contributed by atoms with Gasteiger partial charge >= 0.3 is 0 Å². The van der Waals surface area contributed by atoms with Gasteiger partial charge in [-0.3, -0.25) is 5.10 Å². The number of nitrogens with zero attached hydrogens (tertiary/aromatic N) is 1. The van der Waals surface area contributed by atoms with E-state index in [0.29, 0.717) is 12.1 Å². The van der Waals surface area contributed by atoms with Crippen LogP contribution in [0.5, 0.6) is 0 Å². The van der Waals surface area contributed by atoms with E-state index in [1.807, 2.05) is 20.1 Å². The first-order valence-corrected chi connectivity index (χ1v) is 9.55. The van der Waals surface area contributed by atoms with Crippen molar-refractivity contribution in [3.8, 4) is 0 Å². The van der Waals surface area contributed by atoms with Crippen molar-refractivity contribution in [3.05, 3.63) is 11.3 Å². The van der Waals surface area contributed by atoms with Crippen molar-refractivity contribution in [2.45, 2.75) is 44.8 Å². The second kappa shape index (κ2) is 8.02. The Morgan fingerprint density at radius 1 is 1.45 bits per heavy atom. The lowest BCUT2D eigenvalue weighted by Crippen LogP contribution is -2.35. The number of thioether (sulfide) groups is 1. The number of aromatic nitrogens is 2. The fraction of sp³-hybridized carbons (Fsp3) is 0.750. The zero-order chi connectivity index (χ0) is 15.2. The molecule has 0 aliphatic rings. The summed E-state index contributed by atoms with van der Waals surface area (Å²) in [6.07, 6.45) is 2.95. The molecule has 3 N–H and O–H groups in total. The van der Waals surface area contributed by atoms with E-state index in [4.69, 9.17) is 0 Å². The second-order valence-electron chi connectivity index (χ2n) is 4.79. The molecule has 1 heterocycles. The average molecular weight is 320 g/mol. The van der Waals surface area contributed by atoms with Crippen LogP contribution in [0.1, 0.15) is 31.5 Å². The van der Waals surface area contributed by atoms with E-state index < -0.39 is 10.0 Å². The molecule has 0 spiro atoms. The second-order valence-corrected chi connectivity index (χ2v) is 7.33. The molecule has 1 atom stereocenters. The zero-order valence-electron chi connectivity index (χ0n) is 12.5. The minimum absolute atomic E-state index is 0.103. The van der Waals surface area contributed by atoms with Crippen LogP contribution in [0.15, 0.2) is 5.03 Å². The van der Waals surface area contributed by atoms with E-state index in [1.165, 1.54) is 0 Å². The summed E-state index contributed by atoms with van der Waals surface area (Å²) >= 11 is 1.60. The third-order valence-electron chi connectivity index (χ3n) is 2.79. The van der Waals surface area contributed by atoms with Crippen molar-refractivity contribution in [1.82, 2.24) is 20.2 Å². The Bertz CT molecular complexity index is 514. The van der Waals surface area contributed by atoms with E-state index in [2.05, 4.69) is 27.2 Å². The summed E-state index contributed by atoms with van der Waals surface area (Å²) in [5, 5.41) is 10.0. The summed E-state index contributed by atoms with van der Waals surface area (Å²) in [7, 11) is -3.57. The van der Waals surface area contributed by atoms with Crippen molar-refractivity contribution >= 4 is 21.8 Å². The van der Waals surface area contributed by atoms with Crippen LogP contribution in [-0.4, -0.2) is 43.2 Å². The minimum atomic E-state index is -3.57. The van der Waals surface area contributed by atoms with Crippen LogP contribution in [-0.2, 0) is 16.6 Å². The maximum absolute atomic E-state index is 12.4. The molecule has 116 valence electrons. The van der Waals surface area contributed by atoms with E-state index in [1.54, 1.807) is 11.8 Å². The Labute approximate surface area is 125 Å². The molecule has 0 bridgehead atoms. The SMILES string of the molecule is CCCNCc1c(S(=O)(=O)NC(C)CSC)n[nH]c1C. The highest BCUT2D eigenvalue weighted by molar-refractivity contribution is 7.98. The number of aryl methyl sites for hydroxylation is 1. The fourth-order valence-electron chi connectivity index (χ4n) is 1.86. The summed E-state index contributed by atoms with van der Waals surface area (Å²) in [6.45, 7) is 7.10. The van der Waals surface area contributed by atoms with E-state index >= 15 is 0 Å². The van der Waals surface area contributed by atoms with Gasteiger partial charge in [-0.25, -0.2) is 13.1 Å². The largest absolute Gasteiger partial charge is 0.313 e. The molecular formula is C12H24N4O2S2. The molecule has 0 aliphatic carbocycles. The lowest BCUT2D eigenvalue weighted by atomic mass is 10.2. The predicted molar refractivity (Wildman–Crippen MR) is 83.5 cm³/mol. The summed E-state index contributed by atoms with van der Waals surface area (Å²) in [4.78, 5) is 0. The van der Waals surface area contributed by atoms with Crippen LogP contribution in [0.3, 0.4) is 0 Å². The molecule has 0 saturated carbocycles. The quantitative estimate of drug-likeness (QED) is 0.596. The van der Waals surface area contributed by atoms with Gasteiger partial charge in [-0.15, -0.1) is 0 Å². The molecule has 0 saturated heterocycles. The highest BCUT2D eigenvalue weighted by atomic mass is 32.2. The lowest BCUT2D eigenvalue weighted by Gasteiger charge is -2.13. The van der Waals surface area contributed by atoms with E-state index in [-0.39, 0.29) is 11.1 Å². The third kappa shape index (κ3) is 4.76. The molecular weight excluding hydrogens is 296 g/mol. The molecule has 1 aromatic rings. The van der Waals surface area contributed by atoms with Crippen LogP contribution in [0, 0.1) is 6.92 Å². The Hall–Kier alpha value is -0.570. The van der Waals surface area contributed by atoms with Crippen LogP contribution < -0.4 is 10.0 Å². The summed E-state index contributed by atoms with van der Waals surface area (Å²) in [5.41, 5.74) is 1.49. The highest BCUT2D eigenvalue weighted by Gasteiger charge is 2.25. The first kappa shape index (κ1) is 17.5. The van der Waals surface area contributed by atoms with Gasteiger partial charge in [0.15, 0.2) is 5.03 Å². The number of sulfonamides is 1. The molecule has 0 aromatic carbocycles. The summed E-state index contributed by atoms with van der Waals surface area (Å²) in [5.74, 6) is 0.728. The van der Waals surface area contributed by atoms with Gasteiger partial charge in [0, 0.05) is 29.6 Å². The molecule has 20 heavy (non-hydrogen) atoms. The van der Waals surface area contributed by atoms with Gasteiger partial charge in [-0.05, 0) is 33.1 Å². The van der Waals surface area contributed by atoms with E-state index in [0.717, 1.165) is 24.4 Å². The monoisotopic (exact) mass is 320 g/mol. The molecule has 1 unspecified atom stereocenters. The van der Waals surface area contributed by atoms with Gasteiger partial charge in [-0.2, -0.15) is 16.9 Å². The van der Waals surface area contributed by atoms with Gasteiger partial charge in [-0.1, -0.05) is 6.92 Å². The van der Waals surface area contributed by atoms with Gasteiger partial charge in [0.2, 0.25) is 0 Å². The number of rotatable bonds is 9. The smallest absolute Gasteiger partial charge is 0.260 e. The van der Waals surface area contributed by atoms with E-state index in [9.17, 15) is 8.42 Å². The predicted octanol–water partition coefficient (Wildman–Crippen LogP) is 1.25. The van der Waals surface area contributed by atoms with Gasteiger partial charge < -0.3 is 5.32 Å². The van der Waals surface area contributed by atoms with Gasteiger partial charge in [0.25, 0.3) is 10.0 Å². The number of hydrogen-bond acceptors (Lipinski definition) is 5. The minimum Gasteiger partial charge on any atom is -0.313 e. The topological polar surface area (TPSA) is 86.9 Å². The molecule has 6 nitrogen and oxygen atoms in total. The highest BCUT2D eigenvalue weighted by Crippen LogP contribution is 2.16. The third-order valence-corrected chi connectivity index (χ3v) is 5.18. The first-order chi connectivity index (χ1) is 9.42. The maximum Gasteiger partial charge on any atom is 0.260 e. The Morgan fingerprint density at radius 2 is 2.15 bits per heavy atom. The zero-order valence-corrected chi connectivity index (χ0v) is 14.1. The molecule has 8 heteroatoms. The fourth-order valence-corrected chi connectivity index (χ4v) is 3.98. The number of nitrogens with one attached hydrogen (secondary N) is 3. The van der Waals surface area contributed by atoms with Crippen molar-refractivity contribution in [2.75, 3.05) is 18.6 Å². The van der Waals surface area contributed by atoms with Crippen molar-refractivity contribution in [2.24, 2.45) is 0 Å². The van der Waals surface area contributed by atoms with Gasteiger partial charge in [0.1, 0.15) is 0 Å². The van der Waals surface area contributed by atoms with Crippen LogP contribution in [0.4, 0.5) is 0 Å². The van der Waals surface area contributed by atoms with Crippen molar-refractivity contribution < 1.29 is 8.42 Å². The van der Waals surface area contributed by atoms with Crippen LogP contribution in [0.25, 0.3) is 0 Å².